The average molecular weight is 198 g/mol. The van der Waals surface area contributed by atoms with Crippen LogP contribution < -0.4 is 10.6 Å². The molecule has 2 amide bonds. The Kier molecular flexibility index (Phi) is 3.26. The third kappa shape index (κ3) is 2.80. The fourth-order valence-electron chi connectivity index (χ4n) is 1.29. The maximum atomic E-state index is 11.5. The van der Waals surface area contributed by atoms with Crippen molar-refractivity contribution >= 4 is 11.8 Å². The molecule has 1 heterocycles. The van der Waals surface area contributed by atoms with Gasteiger partial charge in [-0.3, -0.25) is 14.9 Å². The van der Waals surface area contributed by atoms with Gasteiger partial charge in [0.05, 0.1) is 6.04 Å². The third-order valence-corrected chi connectivity index (χ3v) is 2.29. The highest BCUT2D eigenvalue weighted by molar-refractivity contribution is 5.99. The molecule has 0 radical (unpaired) electrons. The summed E-state index contributed by atoms with van der Waals surface area (Å²) >= 11 is 0. The smallest absolute Gasteiger partial charge is 0.243 e. The van der Waals surface area contributed by atoms with Crippen molar-refractivity contribution in [2.45, 2.75) is 39.7 Å². The van der Waals surface area contributed by atoms with Gasteiger partial charge in [-0.2, -0.15) is 0 Å². The van der Waals surface area contributed by atoms with Crippen molar-refractivity contribution in [1.82, 2.24) is 10.6 Å². The van der Waals surface area contributed by atoms with Gasteiger partial charge in [-0.05, 0) is 19.4 Å². The summed E-state index contributed by atoms with van der Waals surface area (Å²) in [4.78, 5) is 23.0. The average Bonchev–Trinajstić information content (AvgIpc) is 2.53. The van der Waals surface area contributed by atoms with Gasteiger partial charge < -0.3 is 5.32 Å². The maximum absolute atomic E-state index is 11.5. The maximum Gasteiger partial charge on any atom is 0.243 e. The van der Waals surface area contributed by atoms with Crippen molar-refractivity contribution in [2.75, 3.05) is 6.54 Å². The van der Waals surface area contributed by atoms with Crippen molar-refractivity contribution in [1.29, 1.82) is 0 Å². The lowest BCUT2D eigenvalue weighted by Crippen LogP contribution is -2.46. The number of rotatable bonds is 1. The highest BCUT2D eigenvalue weighted by Gasteiger charge is 2.28. The number of carbonyl (C=O) groups is 2. The largest absolute Gasteiger partial charge is 0.306 e. The molecule has 0 bridgehead atoms. The minimum atomic E-state index is -0.506. The lowest BCUT2D eigenvalue weighted by atomic mass is 9.95. The first kappa shape index (κ1) is 11.2. The van der Waals surface area contributed by atoms with Gasteiger partial charge in [-0.1, -0.05) is 20.8 Å². The Bertz CT molecular complexity index is 237. The summed E-state index contributed by atoms with van der Waals surface area (Å²) in [5, 5.41) is 5.47. The fourth-order valence-corrected chi connectivity index (χ4v) is 1.29. The predicted octanol–water partition coefficient (Wildman–Crippen LogP) is 0.427. The van der Waals surface area contributed by atoms with Crippen LogP contribution in [0.15, 0.2) is 0 Å². The van der Waals surface area contributed by atoms with E-state index in [1.54, 1.807) is 20.8 Å². The Morgan fingerprint density at radius 3 is 2.43 bits per heavy atom. The SMILES string of the molecule is CC(C)(C)C(=O)NC(=O)[C@@H]1CCCN1. The number of amides is 2. The second-order valence-corrected chi connectivity index (χ2v) is 4.72. The van der Waals surface area contributed by atoms with Gasteiger partial charge in [0.15, 0.2) is 0 Å². The first-order valence-corrected chi connectivity index (χ1v) is 5.00. The van der Waals surface area contributed by atoms with Crippen LogP contribution in [0.2, 0.25) is 0 Å². The molecule has 0 saturated carbocycles. The van der Waals surface area contributed by atoms with E-state index in [4.69, 9.17) is 0 Å². The summed E-state index contributed by atoms with van der Waals surface area (Å²) in [5.74, 6) is -0.404. The summed E-state index contributed by atoms with van der Waals surface area (Å²) in [6, 6.07) is -0.179. The normalized spacial score (nSPS) is 22.1. The molecule has 14 heavy (non-hydrogen) atoms. The molecule has 1 rings (SSSR count). The van der Waals surface area contributed by atoms with Gasteiger partial charge in [0.2, 0.25) is 11.8 Å². The Balaban J connectivity index is 2.44. The highest BCUT2D eigenvalue weighted by atomic mass is 16.2. The number of hydrogen-bond acceptors (Lipinski definition) is 3. The molecule has 1 saturated heterocycles. The Labute approximate surface area is 84.4 Å². The van der Waals surface area contributed by atoms with Crippen LogP contribution in [0.4, 0.5) is 0 Å². The minimum Gasteiger partial charge on any atom is -0.306 e. The summed E-state index contributed by atoms with van der Waals surface area (Å²) in [6.45, 7) is 6.23. The number of hydrogen-bond donors (Lipinski definition) is 2. The molecule has 1 aliphatic rings. The van der Waals surface area contributed by atoms with Crippen LogP contribution in [0.3, 0.4) is 0 Å². The second-order valence-electron chi connectivity index (χ2n) is 4.72. The molecule has 0 aliphatic carbocycles. The molecule has 1 aliphatic heterocycles. The fraction of sp³-hybridized carbons (Fsp3) is 0.800. The van der Waals surface area contributed by atoms with Crippen molar-refractivity contribution in [2.24, 2.45) is 5.41 Å². The second kappa shape index (κ2) is 4.09. The van der Waals surface area contributed by atoms with Gasteiger partial charge in [-0.15, -0.1) is 0 Å². The van der Waals surface area contributed by atoms with Gasteiger partial charge in [0.25, 0.3) is 0 Å². The van der Waals surface area contributed by atoms with Crippen molar-refractivity contribution in [3.8, 4) is 0 Å². The van der Waals surface area contributed by atoms with E-state index in [0.717, 1.165) is 19.4 Å². The van der Waals surface area contributed by atoms with Crippen molar-refractivity contribution < 1.29 is 9.59 Å². The van der Waals surface area contributed by atoms with E-state index >= 15 is 0 Å². The summed E-state index contributed by atoms with van der Waals surface area (Å²) in [7, 11) is 0. The van der Waals surface area contributed by atoms with Crippen LogP contribution in [-0.4, -0.2) is 24.4 Å². The zero-order valence-corrected chi connectivity index (χ0v) is 9.02. The highest BCUT2D eigenvalue weighted by Crippen LogP contribution is 2.13. The zero-order valence-electron chi connectivity index (χ0n) is 9.02. The molecule has 0 spiro atoms. The molecule has 0 aromatic heterocycles. The van der Waals surface area contributed by atoms with Crippen LogP contribution in [0, 0.1) is 5.41 Å². The third-order valence-electron chi connectivity index (χ3n) is 2.29. The standard InChI is InChI=1S/C10H18N2O2/c1-10(2,3)9(14)12-8(13)7-5-4-6-11-7/h7,11H,4-6H2,1-3H3,(H,12,13,14)/t7-/m0/s1. The van der Waals surface area contributed by atoms with E-state index in [2.05, 4.69) is 10.6 Å². The summed E-state index contributed by atoms with van der Waals surface area (Å²) < 4.78 is 0. The molecule has 4 heteroatoms. The predicted molar refractivity (Wildman–Crippen MR) is 53.6 cm³/mol. The van der Waals surface area contributed by atoms with Crippen LogP contribution in [0.25, 0.3) is 0 Å². The molecule has 1 atom stereocenters. The number of nitrogens with one attached hydrogen (secondary N) is 2. The lowest BCUT2D eigenvalue weighted by Gasteiger charge is -2.18. The van der Waals surface area contributed by atoms with Crippen molar-refractivity contribution in [3.63, 3.8) is 0 Å². The summed E-state index contributed by atoms with van der Waals surface area (Å²) in [6.07, 6.45) is 1.82. The van der Waals surface area contributed by atoms with Crippen LogP contribution >= 0.6 is 0 Å². The molecule has 0 aromatic carbocycles. The monoisotopic (exact) mass is 198 g/mol. The lowest BCUT2D eigenvalue weighted by molar-refractivity contribution is -0.136. The van der Waals surface area contributed by atoms with Crippen LogP contribution in [0.1, 0.15) is 33.6 Å². The van der Waals surface area contributed by atoms with E-state index in [0.29, 0.717) is 0 Å². The molecule has 80 valence electrons. The van der Waals surface area contributed by atoms with Gasteiger partial charge in [0.1, 0.15) is 0 Å². The van der Waals surface area contributed by atoms with E-state index in [-0.39, 0.29) is 17.9 Å². The molecule has 1 fully saturated rings. The Morgan fingerprint density at radius 2 is 2.00 bits per heavy atom. The molecule has 0 aromatic rings. The van der Waals surface area contributed by atoms with Gasteiger partial charge >= 0.3 is 0 Å². The van der Waals surface area contributed by atoms with Gasteiger partial charge in [0, 0.05) is 5.41 Å². The molecule has 4 nitrogen and oxygen atoms in total. The first-order chi connectivity index (χ1) is 6.41. The quantitative estimate of drug-likeness (QED) is 0.642. The summed E-state index contributed by atoms with van der Waals surface area (Å²) in [5.41, 5.74) is -0.506. The minimum absolute atomic E-state index is 0.179. The van der Waals surface area contributed by atoms with E-state index in [1.165, 1.54) is 0 Å². The Hall–Kier alpha value is -0.900. The Morgan fingerprint density at radius 1 is 1.36 bits per heavy atom. The van der Waals surface area contributed by atoms with Gasteiger partial charge in [-0.25, -0.2) is 0 Å². The topological polar surface area (TPSA) is 58.2 Å². The van der Waals surface area contributed by atoms with Crippen LogP contribution in [0.5, 0.6) is 0 Å². The molecular weight excluding hydrogens is 180 g/mol. The zero-order chi connectivity index (χ0) is 10.8. The van der Waals surface area contributed by atoms with Crippen LogP contribution in [-0.2, 0) is 9.59 Å². The van der Waals surface area contributed by atoms with E-state index < -0.39 is 5.41 Å². The van der Waals surface area contributed by atoms with Crippen molar-refractivity contribution in [3.05, 3.63) is 0 Å². The van der Waals surface area contributed by atoms with E-state index in [9.17, 15) is 9.59 Å². The van der Waals surface area contributed by atoms with E-state index in [1.807, 2.05) is 0 Å². The number of imide groups is 1. The molecule has 0 unspecified atom stereocenters. The molecule has 2 N–H and O–H groups in total. The number of carbonyl (C=O) groups excluding carboxylic acids is 2. The molecular formula is C10H18N2O2. The first-order valence-electron chi connectivity index (χ1n) is 5.00.